The summed E-state index contributed by atoms with van der Waals surface area (Å²) in [6.45, 7) is 4.82. The molecule has 5 heterocycles. The molecule has 0 bridgehead atoms. The molecule has 6 nitrogen and oxygen atoms in total. The first-order valence-electron chi connectivity index (χ1n) is 11.6. The van der Waals surface area contributed by atoms with E-state index in [1.165, 1.54) is 22.9 Å². The van der Waals surface area contributed by atoms with E-state index in [1.54, 1.807) is 7.11 Å². The predicted octanol–water partition coefficient (Wildman–Crippen LogP) is 3.69. The van der Waals surface area contributed by atoms with Gasteiger partial charge in [0, 0.05) is 49.2 Å². The molecule has 31 heavy (non-hydrogen) atoms. The first-order valence-corrected chi connectivity index (χ1v) is 12.4. The lowest BCUT2D eigenvalue weighted by Gasteiger charge is -2.33. The molecule has 7 heteroatoms. The minimum Gasteiger partial charge on any atom is -0.497 e. The van der Waals surface area contributed by atoms with E-state index in [2.05, 4.69) is 27.0 Å². The fourth-order valence-electron chi connectivity index (χ4n) is 6.46. The predicted molar refractivity (Wildman–Crippen MR) is 121 cm³/mol. The Labute approximate surface area is 187 Å². The van der Waals surface area contributed by atoms with E-state index in [4.69, 9.17) is 9.72 Å². The molecule has 6 rings (SSSR count). The highest BCUT2D eigenvalue weighted by molar-refractivity contribution is 7.15. The number of thiazole rings is 1. The third-order valence-corrected chi connectivity index (χ3v) is 9.01. The van der Waals surface area contributed by atoms with Crippen molar-refractivity contribution in [2.24, 2.45) is 5.92 Å². The number of methoxy groups -OCH3 is 1. The van der Waals surface area contributed by atoms with Gasteiger partial charge in [-0.25, -0.2) is 4.98 Å². The molecule has 0 radical (unpaired) electrons. The Morgan fingerprint density at radius 2 is 2.10 bits per heavy atom. The van der Waals surface area contributed by atoms with Gasteiger partial charge in [0.2, 0.25) is 5.91 Å². The average molecular weight is 439 g/mol. The van der Waals surface area contributed by atoms with Crippen molar-refractivity contribution < 1.29 is 9.53 Å². The lowest BCUT2D eigenvalue weighted by Crippen LogP contribution is -2.49. The lowest BCUT2D eigenvalue weighted by molar-refractivity contribution is -0.137. The summed E-state index contributed by atoms with van der Waals surface area (Å²) in [5, 5.41) is 1.17. The molecule has 1 aromatic carbocycles. The molecule has 0 unspecified atom stereocenters. The summed E-state index contributed by atoms with van der Waals surface area (Å²) in [5.41, 5.74) is 0.851. The van der Waals surface area contributed by atoms with Gasteiger partial charge in [-0.3, -0.25) is 9.69 Å². The van der Waals surface area contributed by atoms with Crippen LogP contribution in [0.15, 0.2) is 30.5 Å². The number of carbonyl (C=O) groups is 1. The highest BCUT2D eigenvalue weighted by atomic mass is 32.1. The number of hydrogen-bond acceptors (Lipinski definition) is 6. The zero-order valence-corrected chi connectivity index (χ0v) is 18.9. The molecule has 1 spiro atoms. The Morgan fingerprint density at radius 1 is 1.23 bits per heavy atom. The second-order valence-electron chi connectivity index (χ2n) is 9.45. The third kappa shape index (κ3) is 3.00. The Balaban J connectivity index is 1.23. The van der Waals surface area contributed by atoms with Gasteiger partial charge in [0.25, 0.3) is 0 Å². The van der Waals surface area contributed by atoms with Crippen LogP contribution in [0, 0.1) is 5.92 Å². The Morgan fingerprint density at radius 3 is 2.94 bits per heavy atom. The van der Waals surface area contributed by atoms with Crippen LogP contribution >= 0.6 is 11.3 Å². The molecule has 4 aliphatic rings. The van der Waals surface area contributed by atoms with E-state index < -0.39 is 0 Å². The normalized spacial score (nSPS) is 30.3. The van der Waals surface area contributed by atoms with E-state index in [1.807, 2.05) is 29.5 Å². The van der Waals surface area contributed by atoms with Crippen LogP contribution < -0.4 is 9.64 Å². The van der Waals surface area contributed by atoms with E-state index in [0.29, 0.717) is 24.4 Å². The molecule has 0 saturated carbocycles. The SMILES string of the molecule is COc1cccc(CN2C[C@@H]3C[C@@H](c4cnc(N5CCCC5)s4)N4CCC[C@@]34C2=O)c1. The molecule has 0 aliphatic carbocycles. The number of amides is 1. The largest absolute Gasteiger partial charge is 0.497 e. The van der Waals surface area contributed by atoms with Crippen LogP contribution in [0.1, 0.15) is 48.6 Å². The molecular formula is C24H30N4O2S. The fourth-order valence-corrected chi connectivity index (χ4v) is 7.55. The van der Waals surface area contributed by atoms with Crippen molar-refractivity contribution in [1.29, 1.82) is 0 Å². The van der Waals surface area contributed by atoms with Gasteiger partial charge in [0.1, 0.15) is 11.3 Å². The highest BCUT2D eigenvalue weighted by Crippen LogP contribution is 2.57. The van der Waals surface area contributed by atoms with Gasteiger partial charge >= 0.3 is 0 Å². The summed E-state index contributed by atoms with van der Waals surface area (Å²) in [6.07, 6.45) is 7.82. The molecule has 4 aliphatic heterocycles. The van der Waals surface area contributed by atoms with Gasteiger partial charge in [-0.2, -0.15) is 0 Å². The third-order valence-electron chi connectivity index (χ3n) is 7.85. The molecule has 1 amide bonds. The molecule has 1 aromatic heterocycles. The monoisotopic (exact) mass is 438 g/mol. The summed E-state index contributed by atoms with van der Waals surface area (Å²) in [4.78, 5) is 27.0. The summed E-state index contributed by atoms with van der Waals surface area (Å²) in [7, 11) is 1.69. The van der Waals surface area contributed by atoms with Crippen LogP contribution in [0.3, 0.4) is 0 Å². The number of nitrogens with zero attached hydrogens (tertiary/aromatic N) is 4. The first-order chi connectivity index (χ1) is 15.2. The maximum Gasteiger partial charge on any atom is 0.243 e. The number of rotatable bonds is 5. The highest BCUT2D eigenvalue weighted by Gasteiger charge is 2.65. The molecule has 2 aromatic rings. The summed E-state index contributed by atoms with van der Waals surface area (Å²) >= 11 is 1.85. The quantitative estimate of drug-likeness (QED) is 0.713. The number of carbonyl (C=O) groups excluding carboxylic acids is 1. The number of hydrogen-bond donors (Lipinski definition) is 0. The van der Waals surface area contributed by atoms with Crippen LogP contribution in [0.4, 0.5) is 5.13 Å². The number of ether oxygens (including phenoxy) is 1. The van der Waals surface area contributed by atoms with E-state index in [0.717, 1.165) is 56.8 Å². The van der Waals surface area contributed by atoms with Gasteiger partial charge in [-0.15, -0.1) is 11.3 Å². The fraction of sp³-hybridized carbons (Fsp3) is 0.583. The molecule has 4 saturated heterocycles. The van der Waals surface area contributed by atoms with Crippen molar-refractivity contribution in [2.75, 3.05) is 38.2 Å². The Hall–Kier alpha value is -2.12. The van der Waals surface area contributed by atoms with Crippen molar-refractivity contribution in [3.63, 3.8) is 0 Å². The van der Waals surface area contributed by atoms with E-state index in [-0.39, 0.29) is 5.54 Å². The van der Waals surface area contributed by atoms with Crippen molar-refractivity contribution in [3.8, 4) is 5.75 Å². The summed E-state index contributed by atoms with van der Waals surface area (Å²) in [6, 6.07) is 8.45. The van der Waals surface area contributed by atoms with E-state index >= 15 is 0 Å². The Kier molecular flexibility index (Phi) is 4.72. The zero-order chi connectivity index (χ0) is 21.0. The number of likely N-dealkylation sites (tertiary alicyclic amines) is 1. The number of anilines is 1. The number of aromatic nitrogens is 1. The molecule has 0 N–H and O–H groups in total. The minimum absolute atomic E-state index is 0.290. The minimum atomic E-state index is -0.290. The smallest absolute Gasteiger partial charge is 0.243 e. The van der Waals surface area contributed by atoms with Gasteiger partial charge in [0.15, 0.2) is 5.13 Å². The molecule has 3 atom stereocenters. The summed E-state index contributed by atoms with van der Waals surface area (Å²) < 4.78 is 5.37. The molecule has 164 valence electrons. The molecule has 4 fully saturated rings. The van der Waals surface area contributed by atoms with Crippen molar-refractivity contribution >= 4 is 22.4 Å². The van der Waals surface area contributed by atoms with Gasteiger partial charge < -0.3 is 14.5 Å². The second-order valence-corrected chi connectivity index (χ2v) is 10.5. The van der Waals surface area contributed by atoms with Crippen LogP contribution in [0.2, 0.25) is 0 Å². The average Bonchev–Trinajstić information content (AvgIpc) is 3.58. The van der Waals surface area contributed by atoms with Crippen LogP contribution in [0.5, 0.6) is 5.75 Å². The molecular weight excluding hydrogens is 408 g/mol. The maximum atomic E-state index is 13.8. The van der Waals surface area contributed by atoms with Crippen molar-refractivity contribution in [3.05, 3.63) is 40.9 Å². The summed E-state index contributed by atoms with van der Waals surface area (Å²) in [5.74, 6) is 1.60. The van der Waals surface area contributed by atoms with E-state index in [9.17, 15) is 4.79 Å². The second kappa shape index (κ2) is 7.48. The van der Waals surface area contributed by atoms with Crippen LogP contribution in [-0.2, 0) is 11.3 Å². The Bertz CT molecular complexity index is 987. The zero-order valence-electron chi connectivity index (χ0n) is 18.1. The number of benzene rings is 1. The van der Waals surface area contributed by atoms with Crippen molar-refractivity contribution in [2.45, 2.75) is 50.2 Å². The van der Waals surface area contributed by atoms with Gasteiger partial charge in [-0.1, -0.05) is 12.1 Å². The van der Waals surface area contributed by atoms with Crippen LogP contribution in [-0.4, -0.2) is 59.5 Å². The van der Waals surface area contributed by atoms with Gasteiger partial charge in [-0.05, 0) is 56.3 Å². The standard InChI is InChI=1S/C24H30N4O2S/c1-30-19-7-4-6-17(12-19)15-27-16-18-13-20(28-11-5-8-24(18,28)22(27)29)21-14-25-23(31-21)26-9-2-3-10-26/h4,6-7,12,14,18,20H,2-3,5,8-11,13,15-16H2,1H3/t18-,20-,24-/m0/s1. The van der Waals surface area contributed by atoms with Crippen LogP contribution in [0.25, 0.3) is 0 Å². The first kappa shape index (κ1) is 19.6. The lowest BCUT2D eigenvalue weighted by atomic mass is 9.85. The topological polar surface area (TPSA) is 48.9 Å². The van der Waals surface area contributed by atoms with Gasteiger partial charge in [0.05, 0.1) is 7.11 Å². The van der Waals surface area contributed by atoms with Crippen molar-refractivity contribution in [1.82, 2.24) is 14.8 Å². The maximum absolute atomic E-state index is 13.8.